The minimum atomic E-state index is -0.109. The maximum atomic E-state index is 12.2. The van der Waals surface area contributed by atoms with Gasteiger partial charge in [-0.15, -0.1) is 0 Å². The monoisotopic (exact) mass is 350 g/mol. The van der Waals surface area contributed by atoms with Crippen LogP contribution >= 0.6 is 0 Å². The number of nitrogens with zero attached hydrogens (tertiary/aromatic N) is 3. The van der Waals surface area contributed by atoms with Crippen molar-refractivity contribution in [2.45, 2.75) is 20.4 Å². The summed E-state index contributed by atoms with van der Waals surface area (Å²) in [5.41, 5.74) is 3.88. The highest BCUT2D eigenvalue weighted by Crippen LogP contribution is 2.21. The molecule has 1 amide bonds. The highest BCUT2D eigenvalue weighted by atomic mass is 16.5. The van der Waals surface area contributed by atoms with Gasteiger partial charge < -0.3 is 10.1 Å². The Hall–Kier alpha value is -3.15. The van der Waals surface area contributed by atoms with Crippen LogP contribution in [0.4, 0.5) is 0 Å². The maximum absolute atomic E-state index is 12.2. The molecular formula is C20H22N4O2. The number of hydrogen-bond acceptors (Lipinski definition) is 4. The second kappa shape index (κ2) is 8.29. The normalized spacial score (nSPS) is 10.5. The van der Waals surface area contributed by atoms with Crippen molar-refractivity contribution in [2.75, 3.05) is 13.2 Å². The zero-order valence-corrected chi connectivity index (χ0v) is 15.0. The third-order valence-corrected chi connectivity index (χ3v) is 4.07. The predicted molar refractivity (Wildman–Crippen MR) is 99.3 cm³/mol. The van der Waals surface area contributed by atoms with Crippen LogP contribution in [0.25, 0.3) is 0 Å². The molecule has 0 unspecified atom stereocenters. The second-order valence-corrected chi connectivity index (χ2v) is 6.12. The van der Waals surface area contributed by atoms with Gasteiger partial charge in [0.05, 0.1) is 13.1 Å². The molecule has 0 aliphatic carbocycles. The van der Waals surface area contributed by atoms with Crippen LogP contribution in [0, 0.1) is 13.8 Å². The van der Waals surface area contributed by atoms with Gasteiger partial charge >= 0.3 is 0 Å². The quantitative estimate of drug-likeness (QED) is 0.665. The number of rotatable bonds is 7. The molecule has 3 aromatic rings. The minimum absolute atomic E-state index is 0.109. The number of carbonyl (C=O) groups is 1. The van der Waals surface area contributed by atoms with E-state index in [4.69, 9.17) is 4.74 Å². The molecule has 0 aliphatic heterocycles. The van der Waals surface area contributed by atoms with E-state index < -0.39 is 0 Å². The largest absolute Gasteiger partial charge is 0.491 e. The Morgan fingerprint density at radius 2 is 1.85 bits per heavy atom. The third kappa shape index (κ3) is 4.47. The van der Waals surface area contributed by atoms with Crippen molar-refractivity contribution < 1.29 is 9.53 Å². The summed E-state index contributed by atoms with van der Waals surface area (Å²) in [6.07, 6.45) is 3.17. The van der Waals surface area contributed by atoms with Crippen molar-refractivity contribution >= 4 is 5.91 Å². The number of carbonyl (C=O) groups excluding carboxylic acids is 1. The van der Waals surface area contributed by atoms with Crippen molar-refractivity contribution in [1.29, 1.82) is 0 Å². The first-order chi connectivity index (χ1) is 12.6. The standard InChI is InChI=1S/C20H22N4O2/c1-15-4-3-5-16(2)19(15)26-11-10-22-20(25)18-8-6-17(7-9-18)12-24-14-21-13-23-24/h3-9,13-14H,10-12H2,1-2H3,(H,22,25). The van der Waals surface area contributed by atoms with E-state index >= 15 is 0 Å². The molecule has 0 spiro atoms. The molecule has 1 aromatic heterocycles. The van der Waals surface area contributed by atoms with E-state index in [0.717, 1.165) is 22.4 Å². The lowest BCUT2D eigenvalue weighted by molar-refractivity contribution is 0.0947. The number of para-hydroxylation sites is 1. The predicted octanol–water partition coefficient (Wildman–Crippen LogP) is 2.75. The second-order valence-electron chi connectivity index (χ2n) is 6.12. The summed E-state index contributed by atoms with van der Waals surface area (Å²) < 4.78 is 7.54. The average molecular weight is 350 g/mol. The average Bonchev–Trinajstić information content (AvgIpc) is 3.14. The Balaban J connectivity index is 1.47. The molecule has 6 heteroatoms. The van der Waals surface area contributed by atoms with E-state index in [2.05, 4.69) is 15.4 Å². The van der Waals surface area contributed by atoms with Crippen LogP contribution in [0.1, 0.15) is 27.0 Å². The SMILES string of the molecule is Cc1cccc(C)c1OCCNC(=O)c1ccc(Cn2cncn2)cc1. The topological polar surface area (TPSA) is 69.0 Å². The number of benzene rings is 2. The van der Waals surface area contributed by atoms with Crippen LogP contribution in [0.3, 0.4) is 0 Å². The zero-order valence-electron chi connectivity index (χ0n) is 15.0. The smallest absolute Gasteiger partial charge is 0.251 e. The first-order valence-electron chi connectivity index (χ1n) is 8.52. The Labute approximate surface area is 152 Å². The van der Waals surface area contributed by atoms with Crippen LogP contribution in [0.2, 0.25) is 0 Å². The molecule has 0 saturated heterocycles. The molecule has 6 nitrogen and oxygen atoms in total. The number of nitrogens with one attached hydrogen (secondary N) is 1. The summed E-state index contributed by atoms with van der Waals surface area (Å²) >= 11 is 0. The molecule has 1 heterocycles. The van der Waals surface area contributed by atoms with Crippen LogP contribution in [0.15, 0.2) is 55.1 Å². The zero-order chi connectivity index (χ0) is 18.4. The van der Waals surface area contributed by atoms with Gasteiger partial charge in [0.1, 0.15) is 25.0 Å². The first kappa shape index (κ1) is 17.7. The maximum Gasteiger partial charge on any atom is 0.251 e. The number of amides is 1. The molecule has 0 bridgehead atoms. The summed E-state index contributed by atoms with van der Waals surface area (Å²) in [5, 5.41) is 6.95. The van der Waals surface area contributed by atoms with E-state index in [1.165, 1.54) is 6.33 Å². The summed E-state index contributed by atoms with van der Waals surface area (Å²) in [6.45, 7) is 5.55. The van der Waals surface area contributed by atoms with Crippen LogP contribution < -0.4 is 10.1 Å². The molecule has 3 rings (SSSR count). The van der Waals surface area contributed by atoms with Gasteiger partial charge in [0.15, 0.2) is 0 Å². The van der Waals surface area contributed by atoms with Crippen LogP contribution in [-0.2, 0) is 6.54 Å². The fourth-order valence-electron chi connectivity index (χ4n) is 2.71. The van der Waals surface area contributed by atoms with Gasteiger partial charge in [-0.1, -0.05) is 30.3 Å². The summed E-state index contributed by atoms with van der Waals surface area (Å²) in [6, 6.07) is 13.5. The molecule has 0 saturated carbocycles. The van der Waals surface area contributed by atoms with E-state index in [-0.39, 0.29) is 5.91 Å². The van der Waals surface area contributed by atoms with Crippen LogP contribution in [0.5, 0.6) is 5.75 Å². The van der Waals surface area contributed by atoms with Crippen molar-refractivity contribution in [3.05, 3.63) is 77.4 Å². The van der Waals surface area contributed by atoms with E-state index in [9.17, 15) is 4.79 Å². The lowest BCUT2D eigenvalue weighted by atomic mass is 10.1. The van der Waals surface area contributed by atoms with E-state index in [0.29, 0.717) is 25.3 Å². The van der Waals surface area contributed by atoms with Crippen molar-refractivity contribution in [2.24, 2.45) is 0 Å². The highest BCUT2D eigenvalue weighted by Gasteiger charge is 2.07. The number of aromatic nitrogens is 3. The number of ether oxygens (including phenoxy) is 1. The Morgan fingerprint density at radius 1 is 1.12 bits per heavy atom. The molecule has 2 aromatic carbocycles. The van der Waals surface area contributed by atoms with E-state index in [1.807, 2.05) is 56.3 Å². The Morgan fingerprint density at radius 3 is 2.50 bits per heavy atom. The van der Waals surface area contributed by atoms with Crippen molar-refractivity contribution in [1.82, 2.24) is 20.1 Å². The molecular weight excluding hydrogens is 328 g/mol. The Bertz CT molecular complexity index is 838. The fraction of sp³-hybridized carbons (Fsp3) is 0.250. The summed E-state index contributed by atoms with van der Waals surface area (Å²) in [7, 11) is 0. The molecule has 0 radical (unpaired) electrons. The number of hydrogen-bond donors (Lipinski definition) is 1. The van der Waals surface area contributed by atoms with Gasteiger partial charge in [0.2, 0.25) is 0 Å². The highest BCUT2D eigenvalue weighted by molar-refractivity contribution is 5.94. The lowest BCUT2D eigenvalue weighted by Crippen LogP contribution is -2.28. The Kier molecular flexibility index (Phi) is 5.63. The molecule has 0 atom stereocenters. The minimum Gasteiger partial charge on any atom is -0.491 e. The van der Waals surface area contributed by atoms with Gasteiger partial charge in [-0.2, -0.15) is 5.10 Å². The molecule has 26 heavy (non-hydrogen) atoms. The van der Waals surface area contributed by atoms with E-state index in [1.54, 1.807) is 11.0 Å². The van der Waals surface area contributed by atoms with Crippen LogP contribution in [-0.4, -0.2) is 33.8 Å². The molecule has 134 valence electrons. The van der Waals surface area contributed by atoms with Gasteiger partial charge in [0, 0.05) is 5.56 Å². The van der Waals surface area contributed by atoms with Gasteiger partial charge in [-0.3, -0.25) is 4.79 Å². The summed E-state index contributed by atoms with van der Waals surface area (Å²) in [4.78, 5) is 16.1. The van der Waals surface area contributed by atoms with Gasteiger partial charge in [-0.25, -0.2) is 9.67 Å². The fourth-order valence-corrected chi connectivity index (χ4v) is 2.71. The lowest BCUT2D eigenvalue weighted by Gasteiger charge is -2.12. The van der Waals surface area contributed by atoms with Gasteiger partial charge in [-0.05, 0) is 42.7 Å². The first-order valence-corrected chi connectivity index (χ1v) is 8.52. The molecule has 0 aliphatic rings. The van der Waals surface area contributed by atoms with Gasteiger partial charge in [0.25, 0.3) is 5.91 Å². The van der Waals surface area contributed by atoms with Crippen molar-refractivity contribution in [3.8, 4) is 5.75 Å². The third-order valence-electron chi connectivity index (χ3n) is 4.07. The molecule has 0 fully saturated rings. The molecule has 1 N–H and O–H groups in total. The van der Waals surface area contributed by atoms with Crippen molar-refractivity contribution in [3.63, 3.8) is 0 Å². The summed E-state index contributed by atoms with van der Waals surface area (Å²) in [5.74, 6) is 0.779. The number of aryl methyl sites for hydroxylation is 2.